The van der Waals surface area contributed by atoms with Crippen LogP contribution in [0.2, 0.25) is 15.1 Å². The second-order valence-corrected chi connectivity index (χ2v) is 5.08. The van der Waals surface area contributed by atoms with E-state index in [2.05, 4.69) is 4.98 Å². The van der Waals surface area contributed by atoms with Gasteiger partial charge in [0.2, 0.25) is 0 Å². The molecule has 0 fully saturated rings. The number of rotatable bonds is 2. The molecule has 2 rings (SSSR count). The molecule has 0 spiro atoms. The van der Waals surface area contributed by atoms with Crippen LogP contribution in [0.15, 0.2) is 12.3 Å². The SMILES string of the molecule is CCOC(=O)c1cnc2c(Cl)cc(C)c(Cl)c2c1Cl. The normalized spacial score (nSPS) is 10.8. The van der Waals surface area contributed by atoms with Crippen LogP contribution in [0.1, 0.15) is 22.8 Å². The Balaban J connectivity index is 2.77. The van der Waals surface area contributed by atoms with Gasteiger partial charge in [0, 0.05) is 11.6 Å². The number of fused-ring (bicyclic) bond motifs is 1. The van der Waals surface area contributed by atoms with Gasteiger partial charge in [0.25, 0.3) is 0 Å². The summed E-state index contributed by atoms with van der Waals surface area (Å²) in [4.78, 5) is 15.9. The van der Waals surface area contributed by atoms with E-state index in [9.17, 15) is 4.79 Å². The summed E-state index contributed by atoms with van der Waals surface area (Å²) >= 11 is 18.6. The lowest BCUT2D eigenvalue weighted by atomic mass is 10.1. The molecule has 0 aliphatic rings. The lowest BCUT2D eigenvalue weighted by Crippen LogP contribution is -2.06. The van der Waals surface area contributed by atoms with E-state index in [-0.39, 0.29) is 17.2 Å². The van der Waals surface area contributed by atoms with E-state index in [0.29, 0.717) is 20.9 Å². The zero-order valence-corrected chi connectivity index (χ0v) is 12.5. The maximum absolute atomic E-state index is 11.8. The van der Waals surface area contributed by atoms with Crippen LogP contribution < -0.4 is 0 Å². The molecule has 100 valence electrons. The quantitative estimate of drug-likeness (QED) is 0.755. The summed E-state index contributed by atoms with van der Waals surface area (Å²) in [6.45, 7) is 3.78. The molecule has 0 saturated carbocycles. The molecule has 0 N–H and O–H groups in total. The fourth-order valence-corrected chi connectivity index (χ4v) is 2.64. The van der Waals surface area contributed by atoms with Crippen LogP contribution in [0.25, 0.3) is 10.9 Å². The van der Waals surface area contributed by atoms with E-state index in [0.717, 1.165) is 5.56 Å². The summed E-state index contributed by atoms with van der Waals surface area (Å²) in [6, 6.07) is 1.71. The first-order valence-electron chi connectivity index (χ1n) is 5.57. The Morgan fingerprint density at radius 3 is 2.63 bits per heavy atom. The molecule has 1 aromatic carbocycles. The van der Waals surface area contributed by atoms with E-state index >= 15 is 0 Å². The molecule has 0 aliphatic carbocycles. The third kappa shape index (κ3) is 2.50. The molecule has 0 radical (unpaired) electrons. The minimum atomic E-state index is -0.532. The van der Waals surface area contributed by atoms with Crippen molar-refractivity contribution >= 4 is 51.7 Å². The smallest absolute Gasteiger partial charge is 0.341 e. The number of hydrogen-bond donors (Lipinski definition) is 0. The van der Waals surface area contributed by atoms with Crippen LogP contribution in [-0.4, -0.2) is 17.6 Å². The zero-order valence-electron chi connectivity index (χ0n) is 10.3. The number of pyridine rings is 1. The largest absolute Gasteiger partial charge is 0.462 e. The van der Waals surface area contributed by atoms with Gasteiger partial charge in [0.05, 0.1) is 32.8 Å². The summed E-state index contributed by atoms with van der Waals surface area (Å²) in [6.07, 6.45) is 1.35. The van der Waals surface area contributed by atoms with E-state index in [1.807, 2.05) is 0 Å². The maximum Gasteiger partial charge on any atom is 0.341 e. The molecule has 3 nitrogen and oxygen atoms in total. The van der Waals surface area contributed by atoms with Gasteiger partial charge in [0.15, 0.2) is 0 Å². The number of aryl methyl sites for hydroxylation is 1. The highest BCUT2D eigenvalue weighted by molar-refractivity contribution is 6.46. The first-order chi connectivity index (χ1) is 8.97. The van der Waals surface area contributed by atoms with Crippen molar-refractivity contribution in [2.75, 3.05) is 6.61 Å². The molecular weight excluding hydrogens is 309 g/mol. The Kier molecular flexibility index (Phi) is 4.19. The second-order valence-electron chi connectivity index (χ2n) is 3.92. The molecule has 6 heteroatoms. The maximum atomic E-state index is 11.8. The molecule has 1 heterocycles. The van der Waals surface area contributed by atoms with Gasteiger partial charge in [0.1, 0.15) is 0 Å². The number of ether oxygens (including phenoxy) is 1. The van der Waals surface area contributed by atoms with E-state index in [1.165, 1.54) is 6.20 Å². The van der Waals surface area contributed by atoms with Crippen LogP contribution in [0, 0.1) is 6.92 Å². The summed E-state index contributed by atoms with van der Waals surface area (Å²) in [5.41, 5.74) is 1.42. The Labute approximate surface area is 125 Å². The topological polar surface area (TPSA) is 39.2 Å². The predicted octanol–water partition coefficient (Wildman–Crippen LogP) is 4.68. The van der Waals surface area contributed by atoms with Gasteiger partial charge in [-0.2, -0.15) is 0 Å². The van der Waals surface area contributed by atoms with Crippen molar-refractivity contribution in [1.29, 1.82) is 0 Å². The van der Waals surface area contributed by atoms with Crippen molar-refractivity contribution in [3.8, 4) is 0 Å². The molecule has 0 aliphatic heterocycles. The molecule has 2 aromatic rings. The van der Waals surface area contributed by atoms with E-state index in [4.69, 9.17) is 39.5 Å². The van der Waals surface area contributed by atoms with Gasteiger partial charge in [-0.15, -0.1) is 0 Å². The second kappa shape index (κ2) is 5.53. The molecule has 0 unspecified atom stereocenters. The van der Waals surface area contributed by atoms with Gasteiger partial charge in [-0.3, -0.25) is 4.98 Å². The predicted molar refractivity (Wildman–Crippen MR) is 77.5 cm³/mol. The molecule has 1 aromatic heterocycles. The number of halogens is 3. The Hall–Kier alpha value is -1.03. The van der Waals surface area contributed by atoms with E-state index < -0.39 is 5.97 Å². The van der Waals surface area contributed by atoms with Gasteiger partial charge in [-0.1, -0.05) is 34.8 Å². The number of nitrogens with zero attached hydrogens (tertiary/aromatic N) is 1. The van der Waals surface area contributed by atoms with Crippen molar-refractivity contribution in [3.63, 3.8) is 0 Å². The van der Waals surface area contributed by atoms with Gasteiger partial charge in [-0.05, 0) is 25.5 Å². The Morgan fingerprint density at radius 1 is 1.32 bits per heavy atom. The first-order valence-corrected chi connectivity index (χ1v) is 6.70. The summed E-state index contributed by atoms with van der Waals surface area (Å²) in [5.74, 6) is -0.532. The van der Waals surface area contributed by atoms with Crippen LogP contribution in [0.4, 0.5) is 0 Å². The lowest BCUT2D eigenvalue weighted by Gasteiger charge is -2.10. The third-order valence-corrected chi connectivity index (χ3v) is 3.81. The monoisotopic (exact) mass is 317 g/mol. The van der Waals surface area contributed by atoms with Crippen LogP contribution >= 0.6 is 34.8 Å². The average Bonchev–Trinajstić information content (AvgIpc) is 2.36. The van der Waals surface area contributed by atoms with Crippen LogP contribution in [0.3, 0.4) is 0 Å². The number of benzene rings is 1. The van der Waals surface area contributed by atoms with Crippen LogP contribution in [0.5, 0.6) is 0 Å². The highest BCUT2D eigenvalue weighted by Crippen LogP contribution is 2.37. The summed E-state index contributed by atoms with van der Waals surface area (Å²) in [5, 5.41) is 1.55. The third-order valence-electron chi connectivity index (χ3n) is 2.65. The Bertz CT molecular complexity index is 671. The number of aromatic nitrogens is 1. The summed E-state index contributed by atoms with van der Waals surface area (Å²) < 4.78 is 4.92. The molecule has 0 atom stereocenters. The number of carbonyl (C=O) groups is 1. The molecule has 19 heavy (non-hydrogen) atoms. The first kappa shape index (κ1) is 14.4. The van der Waals surface area contributed by atoms with Crippen molar-refractivity contribution in [1.82, 2.24) is 4.98 Å². The van der Waals surface area contributed by atoms with Gasteiger partial charge < -0.3 is 4.74 Å². The lowest BCUT2D eigenvalue weighted by molar-refractivity contribution is 0.0526. The average molecular weight is 319 g/mol. The van der Waals surface area contributed by atoms with Crippen LogP contribution in [-0.2, 0) is 4.74 Å². The minimum Gasteiger partial charge on any atom is -0.462 e. The fourth-order valence-electron chi connectivity index (χ4n) is 1.74. The number of carbonyl (C=O) groups excluding carboxylic acids is 1. The molecule has 0 saturated heterocycles. The molecule has 0 amide bonds. The van der Waals surface area contributed by atoms with Crippen molar-refractivity contribution in [2.24, 2.45) is 0 Å². The number of esters is 1. The summed E-state index contributed by atoms with van der Waals surface area (Å²) in [7, 11) is 0. The van der Waals surface area contributed by atoms with Crippen molar-refractivity contribution < 1.29 is 9.53 Å². The van der Waals surface area contributed by atoms with Crippen molar-refractivity contribution in [2.45, 2.75) is 13.8 Å². The van der Waals surface area contributed by atoms with Crippen molar-refractivity contribution in [3.05, 3.63) is 38.5 Å². The molecule has 0 bridgehead atoms. The fraction of sp³-hybridized carbons (Fsp3) is 0.231. The Morgan fingerprint density at radius 2 is 2.00 bits per heavy atom. The standard InChI is InChI=1S/C13H10Cl3NO2/c1-3-19-13(18)7-5-17-12-8(14)4-6(2)10(15)9(12)11(7)16/h4-5H,3H2,1-2H3. The highest BCUT2D eigenvalue weighted by Gasteiger charge is 2.19. The van der Waals surface area contributed by atoms with Gasteiger partial charge >= 0.3 is 5.97 Å². The molecular formula is C13H10Cl3NO2. The minimum absolute atomic E-state index is 0.180. The zero-order chi connectivity index (χ0) is 14.2. The highest BCUT2D eigenvalue weighted by atomic mass is 35.5. The van der Waals surface area contributed by atoms with Gasteiger partial charge in [-0.25, -0.2) is 4.79 Å². The van der Waals surface area contributed by atoms with E-state index in [1.54, 1.807) is 19.9 Å². The number of hydrogen-bond acceptors (Lipinski definition) is 3.